The molecule has 1 N–H and O–H groups in total. The Bertz CT molecular complexity index is 4060. The Morgan fingerprint density at radius 2 is 1.30 bits per heavy atom. The summed E-state index contributed by atoms with van der Waals surface area (Å²) >= 11 is 1.89. The molecule has 2 aliphatic carbocycles. The van der Waals surface area contributed by atoms with Gasteiger partial charge in [-0.1, -0.05) is 147 Å². The lowest BCUT2D eigenvalue weighted by Gasteiger charge is -2.42. The molecule has 0 spiro atoms. The second-order valence-corrected chi connectivity index (χ2v) is 24.6. The number of fused-ring (bicyclic) bond motifs is 13. The van der Waals surface area contributed by atoms with Gasteiger partial charge in [0.25, 0.3) is 0 Å². The third-order valence-electron chi connectivity index (χ3n) is 16.8. The molecule has 70 heavy (non-hydrogen) atoms. The quantitative estimate of drug-likeness (QED) is 0.178. The smallest absolute Gasteiger partial charge is 0.198 e. The number of hydrogen-bond acceptors (Lipinski definition) is 3. The van der Waals surface area contributed by atoms with Crippen molar-refractivity contribution >= 4 is 93.9 Å². The van der Waals surface area contributed by atoms with Crippen LogP contribution >= 0.6 is 11.3 Å². The van der Waals surface area contributed by atoms with Crippen molar-refractivity contribution in [1.29, 1.82) is 0 Å². The minimum absolute atomic E-state index is 0.0601. The topological polar surface area (TPSA) is 30.1 Å². The van der Waals surface area contributed by atoms with Crippen molar-refractivity contribution in [2.24, 2.45) is 0 Å². The second-order valence-electron chi connectivity index (χ2n) is 23.5. The molecule has 4 heterocycles. The molecular formula is C65H56BN2OS. The maximum Gasteiger partial charge on any atom is 0.198 e. The number of anilines is 2. The summed E-state index contributed by atoms with van der Waals surface area (Å²) in [4.78, 5) is 0. The third-order valence-corrected chi connectivity index (χ3v) is 18.0. The molecule has 0 saturated carbocycles. The third kappa shape index (κ3) is 6.00. The number of benzene rings is 8. The van der Waals surface area contributed by atoms with Crippen molar-refractivity contribution in [3.8, 4) is 39.3 Å². The zero-order valence-electron chi connectivity index (χ0n) is 41.6. The fraction of sp³-hybridized carbons (Fsp3) is 0.231. The summed E-state index contributed by atoms with van der Waals surface area (Å²) < 4.78 is 11.9. The number of furan rings is 1. The van der Waals surface area contributed by atoms with E-state index in [0.29, 0.717) is 0 Å². The number of thiophene rings is 1. The summed E-state index contributed by atoms with van der Waals surface area (Å²) in [6.07, 6.45) is 2.38. The van der Waals surface area contributed by atoms with E-state index in [1.807, 2.05) is 11.3 Å². The maximum atomic E-state index is 6.71. The SMILES string of the molecule is CC(C)(C)c1ccc(Nc2cc3c(cc2-c2ccc4c5cc6sc7ccccc7c6cc5n5c4c2[B]c2cc4oc(-c6ccccc6)cc4cc2-5)-c2cc4c(cc2C3(C)C)C(C)(C)CCC4(C)C)cc1. The molecule has 0 atom stereocenters. The van der Waals surface area contributed by atoms with Crippen LogP contribution in [-0.2, 0) is 21.7 Å². The Kier molecular flexibility index (Phi) is 8.52. The van der Waals surface area contributed by atoms with E-state index in [2.05, 4.69) is 225 Å². The molecule has 0 fully saturated rings. The highest BCUT2D eigenvalue weighted by Gasteiger charge is 2.43. The Labute approximate surface area is 415 Å². The molecule has 8 aromatic carbocycles. The van der Waals surface area contributed by atoms with E-state index in [-0.39, 0.29) is 21.7 Å². The van der Waals surface area contributed by atoms with E-state index >= 15 is 0 Å². The number of aromatic nitrogens is 1. The van der Waals surface area contributed by atoms with Crippen LogP contribution in [0.2, 0.25) is 0 Å². The van der Waals surface area contributed by atoms with Crippen molar-refractivity contribution in [2.75, 3.05) is 5.32 Å². The lowest BCUT2D eigenvalue weighted by Crippen LogP contribution is -2.37. The van der Waals surface area contributed by atoms with Crippen LogP contribution in [0, 0.1) is 0 Å². The van der Waals surface area contributed by atoms with E-state index in [0.717, 1.165) is 39.1 Å². The molecule has 14 rings (SSSR count). The molecule has 11 aromatic rings. The van der Waals surface area contributed by atoms with Crippen LogP contribution in [0.25, 0.3) is 92.2 Å². The van der Waals surface area contributed by atoms with E-state index < -0.39 is 0 Å². The summed E-state index contributed by atoms with van der Waals surface area (Å²) in [7, 11) is 2.45. The first-order chi connectivity index (χ1) is 33.5. The van der Waals surface area contributed by atoms with Crippen molar-refractivity contribution < 1.29 is 4.42 Å². The predicted octanol–water partition coefficient (Wildman–Crippen LogP) is 16.9. The molecule has 3 aromatic heterocycles. The molecule has 0 unspecified atom stereocenters. The normalized spacial score (nSPS) is 16.1. The first-order valence-corrected chi connectivity index (χ1v) is 26.0. The van der Waals surface area contributed by atoms with Crippen LogP contribution in [-0.4, -0.2) is 11.8 Å². The highest BCUT2D eigenvalue weighted by Crippen LogP contribution is 2.56. The molecule has 3 nitrogen and oxygen atoms in total. The molecule has 0 saturated heterocycles. The Balaban J connectivity index is 1.04. The fourth-order valence-electron chi connectivity index (χ4n) is 12.7. The Morgan fingerprint density at radius 3 is 2.07 bits per heavy atom. The number of hydrogen-bond donors (Lipinski definition) is 1. The van der Waals surface area contributed by atoms with Crippen LogP contribution in [0.4, 0.5) is 11.4 Å². The van der Waals surface area contributed by atoms with Crippen molar-refractivity contribution in [3.63, 3.8) is 0 Å². The summed E-state index contributed by atoms with van der Waals surface area (Å²) in [5.41, 5.74) is 22.6. The van der Waals surface area contributed by atoms with Crippen molar-refractivity contribution in [1.82, 2.24) is 4.57 Å². The molecular weight excluding hydrogens is 868 g/mol. The number of rotatable bonds is 4. The second kappa shape index (κ2) is 14.2. The summed E-state index contributed by atoms with van der Waals surface area (Å²) in [5, 5.41) is 10.3. The first-order valence-electron chi connectivity index (χ1n) is 25.2. The molecule has 0 amide bonds. The average molecular weight is 924 g/mol. The molecule has 0 bridgehead atoms. The average Bonchev–Trinajstić information content (AvgIpc) is 4.07. The minimum Gasteiger partial charge on any atom is -0.456 e. The van der Waals surface area contributed by atoms with E-state index in [4.69, 9.17) is 4.42 Å². The lowest BCUT2D eigenvalue weighted by atomic mass is 9.59. The van der Waals surface area contributed by atoms with Crippen molar-refractivity contribution in [3.05, 3.63) is 173 Å². The molecule has 341 valence electrons. The van der Waals surface area contributed by atoms with Gasteiger partial charge in [-0.3, -0.25) is 0 Å². The van der Waals surface area contributed by atoms with Gasteiger partial charge in [-0.2, -0.15) is 0 Å². The first kappa shape index (κ1) is 42.1. The van der Waals surface area contributed by atoms with E-state index in [9.17, 15) is 0 Å². The monoisotopic (exact) mass is 923 g/mol. The molecule has 3 aliphatic rings. The lowest BCUT2D eigenvalue weighted by molar-refractivity contribution is 0.331. The minimum atomic E-state index is -0.192. The van der Waals surface area contributed by atoms with E-state index in [1.54, 1.807) is 0 Å². The highest BCUT2D eigenvalue weighted by molar-refractivity contribution is 7.25. The zero-order valence-corrected chi connectivity index (χ0v) is 42.4. The highest BCUT2D eigenvalue weighted by atomic mass is 32.1. The van der Waals surface area contributed by atoms with E-state index in [1.165, 1.54) is 116 Å². The Hall–Kier alpha value is -6.82. The van der Waals surface area contributed by atoms with Gasteiger partial charge in [0.1, 0.15) is 11.3 Å². The van der Waals surface area contributed by atoms with Gasteiger partial charge in [0.05, 0.1) is 5.52 Å². The van der Waals surface area contributed by atoms with Crippen LogP contribution < -0.4 is 16.2 Å². The van der Waals surface area contributed by atoms with Gasteiger partial charge in [-0.05, 0) is 146 Å². The van der Waals surface area contributed by atoms with Gasteiger partial charge >= 0.3 is 0 Å². The van der Waals surface area contributed by atoms with Gasteiger partial charge in [0.2, 0.25) is 0 Å². The standard InChI is InChI=1S/C65H56BN2OS/c1-62(2,3)38-19-21-39(22-20-38)67-53-34-49-43(44-30-50-51(33-48(44)65(49,8)9)64(6,7)26-25-63(50,4)5)29-45(53)41-23-24-42-46-32-59-47(40-17-13-14-18-58(40)70-59)31-54(46)68-55-27-37-28-56(36-15-11-10-12-16-36)69-57(37)35-52(55)66-60(41)61(42)68/h10-24,27-35,67H,25-26H2,1-9H3. The van der Waals surface area contributed by atoms with Gasteiger partial charge < -0.3 is 14.3 Å². The molecule has 1 aliphatic heterocycles. The Morgan fingerprint density at radius 1 is 0.586 bits per heavy atom. The maximum absolute atomic E-state index is 6.71. The van der Waals surface area contributed by atoms with Gasteiger partial charge in [-0.25, -0.2) is 0 Å². The number of nitrogens with one attached hydrogen (secondary N) is 1. The van der Waals surface area contributed by atoms with Crippen LogP contribution in [0.1, 0.15) is 103 Å². The largest absolute Gasteiger partial charge is 0.456 e. The van der Waals surface area contributed by atoms with Gasteiger partial charge in [0.15, 0.2) is 7.28 Å². The van der Waals surface area contributed by atoms with Crippen LogP contribution in [0.3, 0.4) is 0 Å². The number of nitrogens with zero attached hydrogens (tertiary/aromatic N) is 1. The predicted molar refractivity (Wildman–Crippen MR) is 301 cm³/mol. The summed E-state index contributed by atoms with van der Waals surface area (Å²) in [6, 6.07) is 55.2. The fourth-order valence-corrected chi connectivity index (χ4v) is 13.8. The zero-order chi connectivity index (χ0) is 47.8. The molecule has 5 heteroatoms. The van der Waals surface area contributed by atoms with Crippen LogP contribution in [0.15, 0.2) is 150 Å². The van der Waals surface area contributed by atoms with Crippen LogP contribution in [0.5, 0.6) is 0 Å². The van der Waals surface area contributed by atoms with Gasteiger partial charge in [0, 0.05) is 75.5 Å². The summed E-state index contributed by atoms with van der Waals surface area (Å²) in [6.45, 7) is 21.6. The molecule has 1 radical (unpaired) electrons. The van der Waals surface area contributed by atoms with Gasteiger partial charge in [-0.15, -0.1) is 11.3 Å². The summed E-state index contributed by atoms with van der Waals surface area (Å²) in [5.74, 6) is 0.880. The van der Waals surface area contributed by atoms with Crippen molar-refractivity contribution in [2.45, 2.75) is 96.8 Å².